The van der Waals surface area contributed by atoms with Crippen LogP contribution in [0.25, 0.3) is 22.1 Å². The first kappa shape index (κ1) is 28.0. The van der Waals surface area contributed by atoms with E-state index in [1.807, 2.05) is 56.0 Å². The lowest BCUT2D eigenvalue weighted by atomic mass is 10.1. The van der Waals surface area contributed by atoms with Gasteiger partial charge in [0.2, 0.25) is 5.95 Å². The Bertz CT molecular complexity index is 1800. The lowest BCUT2D eigenvalue weighted by molar-refractivity contribution is 0.0499. The van der Waals surface area contributed by atoms with Crippen molar-refractivity contribution < 1.29 is 9.53 Å². The number of anilines is 1. The molecular weight excluding hydrogens is 522 g/mol. The van der Waals surface area contributed by atoms with Crippen LogP contribution in [0.4, 0.5) is 10.7 Å². The van der Waals surface area contributed by atoms with E-state index in [1.165, 1.54) is 9.13 Å². The highest BCUT2D eigenvalue weighted by atomic mass is 16.6. The van der Waals surface area contributed by atoms with Crippen LogP contribution in [0.15, 0.2) is 46.1 Å². The first-order valence-electron chi connectivity index (χ1n) is 13.7. The lowest BCUT2D eigenvalue weighted by Gasteiger charge is -2.34. The molecule has 1 unspecified atom stereocenters. The van der Waals surface area contributed by atoms with Crippen LogP contribution in [0.3, 0.4) is 0 Å². The molecule has 1 aliphatic rings. The topological polar surface area (TPSA) is 116 Å². The molecule has 1 fully saturated rings. The number of hydrogen-bond acceptors (Lipinski definition) is 7. The molecule has 4 heterocycles. The average molecular weight is 558 g/mol. The van der Waals surface area contributed by atoms with Crippen molar-refractivity contribution in [2.24, 2.45) is 7.05 Å². The lowest BCUT2D eigenvalue weighted by Crippen LogP contribution is -2.49. The zero-order valence-corrected chi connectivity index (χ0v) is 24.1. The van der Waals surface area contributed by atoms with Crippen molar-refractivity contribution in [1.29, 1.82) is 0 Å². The second-order valence-electron chi connectivity index (χ2n) is 11.3. The van der Waals surface area contributed by atoms with Gasteiger partial charge in [-0.3, -0.25) is 23.5 Å². The summed E-state index contributed by atoms with van der Waals surface area (Å²) in [5.41, 5.74) is 0.690. The smallest absolute Gasteiger partial charge is 0.407 e. The Morgan fingerprint density at radius 3 is 2.73 bits per heavy atom. The molecule has 0 saturated carbocycles. The molecule has 11 nitrogen and oxygen atoms in total. The number of piperidine rings is 1. The van der Waals surface area contributed by atoms with Crippen molar-refractivity contribution in [3.63, 3.8) is 0 Å². The molecule has 1 aromatic carbocycles. The number of nitrogens with one attached hydrogen (secondary N) is 1. The van der Waals surface area contributed by atoms with Gasteiger partial charge >= 0.3 is 11.8 Å². The highest BCUT2D eigenvalue weighted by Gasteiger charge is 2.29. The molecule has 4 aromatic rings. The third kappa shape index (κ3) is 5.82. The SMILES string of the molecule is CC#CCn1c(N2CCCC(NC(=O)OC(C)(C)C)C2)nc2c1c(=O)n(Cc1cnc3ccccc3c1)c(=O)n2C. The molecule has 214 valence electrons. The third-order valence-electron chi connectivity index (χ3n) is 7.04. The van der Waals surface area contributed by atoms with Gasteiger partial charge in [0.1, 0.15) is 5.60 Å². The predicted molar refractivity (Wildman–Crippen MR) is 158 cm³/mol. The minimum Gasteiger partial charge on any atom is -0.444 e. The van der Waals surface area contributed by atoms with E-state index in [1.54, 1.807) is 24.7 Å². The predicted octanol–water partition coefficient (Wildman–Crippen LogP) is 3.01. The summed E-state index contributed by atoms with van der Waals surface area (Å²) in [6.07, 6.45) is 2.81. The molecule has 11 heteroatoms. The number of alkyl carbamates (subject to hydrolysis) is 1. The quantitative estimate of drug-likeness (QED) is 0.375. The summed E-state index contributed by atoms with van der Waals surface area (Å²) >= 11 is 0. The van der Waals surface area contributed by atoms with E-state index in [2.05, 4.69) is 22.1 Å². The van der Waals surface area contributed by atoms with Crippen molar-refractivity contribution in [3.8, 4) is 11.8 Å². The van der Waals surface area contributed by atoms with Crippen molar-refractivity contribution in [1.82, 2.24) is 29.0 Å². The molecule has 3 aromatic heterocycles. The Hall–Kier alpha value is -4.59. The number of carbonyl (C=O) groups is 1. The molecule has 0 radical (unpaired) electrons. The number of hydrogen-bond donors (Lipinski definition) is 1. The van der Waals surface area contributed by atoms with E-state index in [4.69, 9.17) is 9.72 Å². The number of pyridine rings is 1. The van der Waals surface area contributed by atoms with E-state index in [0.29, 0.717) is 30.2 Å². The summed E-state index contributed by atoms with van der Waals surface area (Å²) in [5.74, 6) is 6.49. The van der Waals surface area contributed by atoms with Crippen molar-refractivity contribution in [2.45, 2.75) is 65.3 Å². The monoisotopic (exact) mass is 557 g/mol. The molecule has 1 amide bonds. The minimum absolute atomic E-state index is 0.0743. The van der Waals surface area contributed by atoms with Crippen LogP contribution in [0.2, 0.25) is 0 Å². The van der Waals surface area contributed by atoms with Crippen LogP contribution in [0.1, 0.15) is 46.1 Å². The normalized spacial score (nSPS) is 15.5. The first-order chi connectivity index (χ1) is 19.6. The molecular formula is C30H35N7O4. The van der Waals surface area contributed by atoms with Gasteiger partial charge in [0.25, 0.3) is 5.56 Å². The molecule has 1 atom stereocenters. The number of aromatic nitrogens is 5. The molecule has 1 saturated heterocycles. The van der Waals surface area contributed by atoms with E-state index < -0.39 is 22.9 Å². The van der Waals surface area contributed by atoms with Gasteiger partial charge in [-0.25, -0.2) is 9.59 Å². The molecule has 5 rings (SSSR count). The van der Waals surface area contributed by atoms with Crippen LogP contribution in [-0.4, -0.2) is 54.5 Å². The summed E-state index contributed by atoms with van der Waals surface area (Å²) < 4.78 is 9.85. The maximum Gasteiger partial charge on any atom is 0.407 e. The molecule has 1 aliphatic heterocycles. The standard InChI is InChI=1S/C30H35N7O4/c1-6-7-15-36-24-25(33-27(36)35-14-10-12-22(19-35)32-28(39)41-30(2,3)4)34(5)29(40)37(26(24)38)18-20-16-21-11-8-9-13-23(21)31-17-20/h8-9,11,13,16-17,22H,10,12,14-15,18-19H2,1-5H3,(H,32,39). The minimum atomic E-state index is -0.598. The fourth-order valence-corrected chi connectivity index (χ4v) is 5.19. The van der Waals surface area contributed by atoms with E-state index in [0.717, 1.165) is 29.3 Å². The molecule has 0 aliphatic carbocycles. The molecule has 41 heavy (non-hydrogen) atoms. The van der Waals surface area contributed by atoms with Gasteiger partial charge < -0.3 is 15.0 Å². The Labute approximate surface area is 237 Å². The Morgan fingerprint density at radius 2 is 1.98 bits per heavy atom. The summed E-state index contributed by atoms with van der Waals surface area (Å²) in [4.78, 5) is 51.1. The summed E-state index contributed by atoms with van der Waals surface area (Å²) in [5, 5.41) is 3.89. The van der Waals surface area contributed by atoms with Gasteiger partial charge in [-0.2, -0.15) is 4.98 Å². The van der Waals surface area contributed by atoms with Gasteiger partial charge in [-0.15, -0.1) is 5.92 Å². The van der Waals surface area contributed by atoms with Gasteiger partial charge in [0, 0.05) is 37.8 Å². The summed E-state index contributed by atoms with van der Waals surface area (Å²) in [7, 11) is 1.62. The Kier molecular flexibility index (Phi) is 7.58. The van der Waals surface area contributed by atoms with Crippen molar-refractivity contribution >= 4 is 34.1 Å². The molecule has 1 N–H and O–H groups in total. The number of ether oxygens (including phenoxy) is 1. The molecule has 0 spiro atoms. The number of benzene rings is 1. The van der Waals surface area contributed by atoms with Crippen molar-refractivity contribution in [3.05, 3.63) is 62.9 Å². The zero-order chi connectivity index (χ0) is 29.3. The van der Waals surface area contributed by atoms with Crippen LogP contribution in [-0.2, 0) is 24.9 Å². The fraction of sp³-hybridized carbons (Fsp3) is 0.433. The van der Waals surface area contributed by atoms with Crippen LogP contribution in [0.5, 0.6) is 0 Å². The van der Waals surface area contributed by atoms with E-state index in [9.17, 15) is 14.4 Å². The largest absolute Gasteiger partial charge is 0.444 e. The second-order valence-corrected chi connectivity index (χ2v) is 11.3. The summed E-state index contributed by atoms with van der Waals surface area (Å²) in [6.45, 7) is 8.67. The maximum atomic E-state index is 13.9. The third-order valence-corrected chi connectivity index (χ3v) is 7.04. The zero-order valence-electron chi connectivity index (χ0n) is 24.1. The maximum absolute atomic E-state index is 13.9. The number of imidazole rings is 1. The number of para-hydroxylation sites is 1. The number of aryl methyl sites for hydroxylation is 1. The van der Waals surface area contributed by atoms with E-state index >= 15 is 0 Å². The van der Waals surface area contributed by atoms with Gasteiger partial charge in [0.15, 0.2) is 11.2 Å². The number of carbonyl (C=O) groups excluding carboxylic acids is 1. The number of fused-ring (bicyclic) bond motifs is 2. The number of nitrogens with zero attached hydrogens (tertiary/aromatic N) is 6. The van der Waals surface area contributed by atoms with Gasteiger partial charge in [-0.05, 0) is 58.2 Å². The number of amides is 1. The average Bonchev–Trinajstić information content (AvgIpc) is 3.32. The highest BCUT2D eigenvalue weighted by molar-refractivity contribution is 5.79. The fourth-order valence-electron chi connectivity index (χ4n) is 5.19. The Balaban J connectivity index is 1.54. The second kappa shape index (κ2) is 11.1. The van der Waals surface area contributed by atoms with Crippen LogP contribution in [0, 0.1) is 11.8 Å². The van der Waals surface area contributed by atoms with E-state index in [-0.39, 0.29) is 19.1 Å². The molecule has 0 bridgehead atoms. The first-order valence-corrected chi connectivity index (χ1v) is 13.7. The Morgan fingerprint density at radius 1 is 1.20 bits per heavy atom. The number of rotatable bonds is 5. The highest BCUT2D eigenvalue weighted by Crippen LogP contribution is 2.24. The van der Waals surface area contributed by atoms with Gasteiger partial charge in [0.05, 0.1) is 18.6 Å². The summed E-state index contributed by atoms with van der Waals surface area (Å²) in [6, 6.07) is 9.48. The van der Waals surface area contributed by atoms with Gasteiger partial charge in [-0.1, -0.05) is 24.1 Å². The van der Waals surface area contributed by atoms with Crippen molar-refractivity contribution in [2.75, 3.05) is 18.0 Å². The van der Waals surface area contributed by atoms with Crippen LogP contribution < -0.4 is 21.5 Å². The van der Waals surface area contributed by atoms with Crippen LogP contribution >= 0.6 is 0 Å².